The van der Waals surface area contributed by atoms with Crippen LogP contribution in [0.1, 0.15) is 48.0 Å². The molecule has 7 heteroatoms. The first-order valence-electron chi connectivity index (χ1n) is 8.99. The summed E-state index contributed by atoms with van der Waals surface area (Å²) in [6, 6.07) is 4.61. The first kappa shape index (κ1) is 19.9. The normalized spacial score (nSPS) is 16.4. The molecule has 2 N–H and O–H groups in total. The molecule has 1 fully saturated rings. The molecule has 140 valence electrons. The van der Waals surface area contributed by atoms with Crippen LogP contribution in [0.15, 0.2) is 23.1 Å². The highest BCUT2D eigenvalue weighted by Gasteiger charge is 2.16. The van der Waals surface area contributed by atoms with Crippen molar-refractivity contribution in [3.63, 3.8) is 0 Å². The highest BCUT2D eigenvalue weighted by Crippen LogP contribution is 2.15. The molecule has 25 heavy (non-hydrogen) atoms. The van der Waals surface area contributed by atoms with Gasteiger partial charge >= 0.3 is 0 Å². The lowest BCUT2D eigenvalue weighted by Crippen LogP contribution is -2.31. The summed E-state index contributed by atoms with van der Waals surface area (Å²) in [5.74, 6) is -0.221. The first-order chi connectivity index (χ1) is 11.9. The number of nitrogens with zero attached hydrogens (tertiary/aromatic N) is 1. The summed E-state index contributed by atoms with van der Waals surface area (Å²) in [7, 11) is -2.19. The number of hydrogen-bond donors (Lipinski definition) is 2. The highest BCUT2D eigenvalue weighted by molar-refractivity contribution is 7.89. The Morgan fingerprint density at radius 2 is 1.84 bits per heavy atom. The lowest BCUT2D eigenvalue weighted by molar-refractivity contribution is 0.0951. The quantitative estimate of drug-likeness (QED) is 0.722. The van der Waals surface area contributed by atoms with E-state index in [1.54, 1.807) is 6.07 Å². The fraction of sp³-hybridized carbons (Fsp3) is 0.611. The van der Waals surface area contributed by atoms with E-state index >= 15 is 0 Å². The zero-order valence-electron chi connectivity index (χ0n) is 15.2. The maximum Gasteiger partial charge on any atom is 0.251 e. The van der Waals surface area contributed by atoms with Crippen molar-refractivity contribution in [2.45, 2.75) is 43.9 Å². The minimum atomic E-state index is -3.55. The maximum atomic E-state index is 12.4. The third kappa shape index (κ3) is 5.80. The standard InChI is InChI=1S/C18H29N3O3S/c1-15-8-9-16(25(23,24)19-2)14-17(15)18(22)20-10-7-13-21-11-5-3-4-6-12-21/h8-9,14,19H,3-7,10-13H2,1-2H3,(H,20,22). The minimum absolute atomic E-state index is 0.107. The van der Waals surface area contributed by atoms with Gasteiger partial charge in [-0.3, -0.25) is 4.79 Å². The Hall–Kier alpha value is -1.44. The number of nitrogens with one attached hydrogen (secondary N) is 2. The molecule has 0 unspecified atom stereocenters. The summed E-state index contributed by atoms with van der Waals surface area (Å²) in [6.45, 7) is 5.70. The molecule has 0 atom stereocenters. The molecule has 1 aromatic rings. The molecule has 1 saturated heterocycles. The maximum absolute atomic E-state index is 12.4. The average Bonchev–Trinajstić information content (AvgIpc) is 2.87. The van der Waals surface area contributed by atoms with E-state index in [1.807, 2.05) is 6.92 Å². The molecule has 1 aliphatic rings. The second-order valence-corrected chi connectivity index (χ2v) is 8.44. The largest absolute Gasteiger partial charge is 0.352 e. The average molecular weight is 368 g/mol. The van der Waals surface area contributed by atoms with Crippen molar-refractivity contribution >= 4 is 15.9 Å². The molecule has 1 amide bonds. The molecule has 6 nitrogen and oxygen atoms in total. The van der Waals surface area contributed by atoms with Gasteiger partial charge in [0.2, 0.25) is 10.0 Å². The van der Waals surface area contributed by atoms with E-state index in [2.05, 4.69) is 14.9 Å². The van der Waals surface area contributed by atoms with E-state index in [0.29, 0.717) is 12.1 Å². The Kier molecular flexibility index (Phi) is 7.40. The molecule has 2 rings (SSSR count). The van der Waals surface area contributed by atoms with Gasteiger partial charge < -0.3 is 10.2 Å². The summed E-state index contributed by atoms with van der Waals surface area (Å²) in [4.78, 5) is 15.0. The van der Waals surface area contributed by atoms with Crippen LogP contribution in [0.3, 0.4) is 0 Å². The second-order valence-electron chi connectivity index (χ2n) is 6.55. The molecule has 0 saturated carbocycles. The van der Waals surface area contributed by atoms with Crippen LogP contribution < -0.4 is 10.0 Å². The van der Waals surface area contributed by atoms with E-state index in [9.17, 15) is 13.2 Å². The monoisotopic (exact) mass is 367 g/mol. The molecule has 1 aromatic carbocycles. The zero-order valence-corrected chi connectivity index (χ0v) is 16.0. The zero-order chi connectivity index (χ0) is 18.3. The number of carbonyl (C=O) groups excluding carboxylic acids is 1. The van der Waals surface area contributed by atoms with Crippen LogP contribution in [0.5, 0.6) is 0 Å². The van der Waals surface area contributed by atoms with Crippen LogP contribution in [0, 0.1) is 6.92 Å². The van der Waals surface area contributed by atoms with E-state index in [4.69, 9.17) is 0 Å². The van der Waals surface area contributed by atoms with Crippen molar-refractivity contribution < 1.29 is 13.2 Å². The third-order valence-corrected chi connectivity index (χ3v) is 6.08. The highest BCUT2D eigenvalue weighted by atomic mass is 32.2. The van der Waals surface area contributed by atoms with Gasteiger partial charge in [0.1, 0.15) is 0 Å². The van der Waals surface area contributed by atoms with Crippen LogP contribution in [0.4, 0.5) is 0 Å². The summed E-state index contributed by atoms with van der Waals surface area (Å²) in [6.07, 6.45) is 6.06. The number of likely N-dealkylation sites (tertiary alicyclic amines) is 1. The number of amides is 1. The predicted molar refractivity (Wildman–Crippen MR) is 99.3 cm³/mol. The summed E-state index contributed by atoms with van der Waals surface area (Å²) < 4.78 is 26.1. The van der Waals surface area contributed by atoms with Crippen LogP contribution >= 0.6 is 0 Å². The number of rotatable bonds is 7. The number of benzene rings is 1. The Labute approximate surface area is 151 Å². The summed E-state index contributed by atoms with van der Waals surface area (Å²) >= 11 is 0. The van der Waals surface area contributed by atoms with Crippen LogP contribution in [0.2, 0.25) is 0 Å². The summed E-state index contributed by atoms with van der Waals surface area (Å²) in [5.41, 5.74) is 1.17. The van der Waals surface area contributed by atoms with Crippen LogP contribution in [-0.4, -0.2) is 52.5 Å². The molecule has 1 heterocycles. The Morgan fingerprint density at radius 3 is 2.48 bits per heavy atom. The lowest BCUT2D eigenvalue weighted by Gasteiger charge is -2.19. The number of hydrogen-bond acceptors (Lipinski definition) is 4. The van der Waals surface area contributed by atoms with Gasteiger partial charge in [0, 0.05) is 12.1 Å². The van der Waals surface area contributed by atoms with Crippen molar-refractivity contribution in [3.05, 3.63) is 29.3 Å². The molecule has 0 bridgehead atoms. The van der Waals surface area contributed by atoms with Crippen molar-refractivity contribution in [3.8, 4) is 0 Å². The van der Waals surface area contributed by atoms with Gasteiger partial charge in [-0.05, 0) is 70.6 Å². The van der Waals surface area contributed by atoms with Crippen molar-refractivity contribution in [1.82, 2.24) is 14.9 Å². The van der Waals surface area contributed by atoms with E-state index in [-0.39, 0.29) is 10.8 Å². The second kappa shape index (κ2) is 9.31. The minimum Gasteiger partial charge on any atom is -0.352 e. The fourth-order valence-electron chi connectivity index (χ4n) is 3.09. The lowest BCUT2D eigenvalue weighted by atomic mass is 10.1. The Bertz CT molecular complexity index is 681. The van der Waals surface area contributed by atoms with E-state index in [1.165, 1.54) is 44.9 Å². The predicted octanol–water partition coefficient (Wildman–Crippen LogP) is 1.90. The molecule has 0 aliphatic carbocycles. The molecule has 1 aliphatic heterocycles. The van der Waals surface area contributed by atoms with E-state index < -0.39 is 10.0 Å². The topological polar surface area (TPSA) is 78.5 Å². The SMILES string of the molecule is CNS(=O)(=O)c1ccc(C)c(C(=O)NCCCN2CCCCCC2)c1. The van der Waals surface area contributed by atoms with Gasteiger partial charge in [0.05, 0.1) is 4.90 Å². The van der Waals surface area contributed by atoms with Crippen LogP contribution in [0.25, 0.3) is 0 Å². The van der Waals surface area contributed by atoms with Gasteiger partial charge in [-0.15, -0.1) is 0 Å². The van der Waals surface area contributed by atoms with Crippen LogP contribution in [-0.2, 0) is 10.0 Å². The third-order valence-electron chi connectivity index (χ3n) is 4.67. The Balaban J connectivity index is 1.89. The molecule has 0 spiro atoms. The first-order valence-corrected chi connectivity index (χ1v) is 10.5. The van der Waals surface area contributed by atoms with Gasteiger partial charge in [-0.25, -0.2) is 13.1 Å². The van der Waals surface area contributed by atoms with Gasteiger partial charge in [0.15, 0.2) is 0 Å². The molecule has 0 radical (unpaired) electrons. The number of sulfonamides is 1. The fourth-order valence-corrected chi connectivity index (χ4v) is 3.85. The van der Waals surface area contributed by atoms with Gasteiger partial charge in [0.25, 0.3) is 5.91 Å². The number of aryl methyl sites for hydroxylation is 1. The molecular weight excluding hydrogens is 338 g/mol. The van der Waals surface area contributed by atoms with Crippen molar-refractivity contribution in [2.75, 3.05) is 33.2 Å². The van der Waals surface area contributed by atoms with Gasteiger partial charge in [-0.1, -0.05) is 18.9 Å². The summed E-state index contributed by atoms with van der Waals surface area (Å²) in [5, 5.41) is 2.91. The molecular formula is C18H29N3O3S. The van der Waals surface area contributed by atoms with Crippen molar-refractivity contribution in [2.24, 2.45) is 0 Å². The smallest absolute Gasteiger partial charge is 0.251 e. The van der Waals surface area contributed by atoms with E-state index in [0.717, 1.165) is 31.6 Å². The van der Waals surface area contributed by atoms with Gasteiger partial charge in [-0.2, -0.15) is 0 Å². The van der Waals surface area contributed by atoms with Crippen molar-refractivity contribution in [1.29, 1.82) is 0 Å². The molecule has 0 aromatic heterocycles. The number of carbonyl (C=O) groups is 1. The Morgan fingerprint density at radius 1 is 1.16 bits per heavy atom.